The Morgan fingerprint density at radius 3 is 2.54 bits per heavy atom. The Morgan fingerprint density at radius 1 is 1.69 bits per heavy atom. The van der Waals surface area contributed by atoms with E-state index in [0.717, 1.165) is 12.8 Å². The zero-order valence-electron chi connectivity index (χ0n) is 8.12. The molecule has 0 aliphatic heterocycles. The summed E-state index contributed by atoms with van der Waals surface area (Å²) in [4.78, 5) is 10.9. The van der Waals surface area contributed by atoms with E-state index in [1.54, 1.807) is 0 Å². The molecule has 0 bridgehead atoms. The van der Waals surface area contributed by atoms with Crippen LogP contribution in [-0.4, -0.2) is 29.3 Å². The van der Waals surface area contributed by atoms with Crippen LogP contribution in [0.5, 0.6) is 0 Å². The lowest BCUT2D eigenvalue weighted by Crippen LogP contribution is -2.54. The van der Waals surface area contributed by atoms with Crippen molar-refractivity contribution >= 4 is 5.97 Å². The Hall–Kier alpha value is -0.610. The molecule has 4 heteroatoms. The van der Waals surface area contributed by atoms with E-state index in [-0.39, 0.29) is 18.6 Å². The second kappa shape index (κ2) is 3.64. The summed E-state index contributed by atoms with van der Waals surface area (Å²) < 4.78 is 5.26. The van der Waals surface area contributed by atoms with Crippen molar-refractivity contribution in [2.24, 2.45) is 11.7 Å². The van der Waals surface area contributed by atoms with Gasteiger partial charge in [0.15, 0.2) is 0 Å². The highest BCUT2D eigenvalue weighted by atomic mass is 16.5. The maximum absolute atomic E-state index is 10.9. The van der Waals surface area contributed by atoms with Gasteiger partial charge in [-0.2, -0.15) is 0 Å². The highest BCUT2D eigenvalue weighted by molar-refractivity contribution is 5.79. The minimum absolute atomic E-state index is 0.0287. The second-order valence-electron chi connectivity index (χ2n) is 3.98. The normalized spacial score (nSPS) is 21.5. The predicted octanol–water partition coefficient (Wildman–Crippen LogP) is 0.603. The molecule has 0 aromatic rings. The molecule has 1 saturated carbocycles. The van der Waals surface area contributed by atoms with E-state index < -0.39 is 11.5 Å². The Bertz CT molecular complexity index is 201. The zero-order chi connectivity index (χ0) is 10.1. The summed E-state index contributed by atoms with van der Waals surface area (Å²) in [5.74, 6) is -0.848. The van der Waals surface area contributed by atoms with E-state index in [0.29, 0.717) is 0 Å². The number of hydrogen-bond donors (Lipinski definition) is 2. The summed E-state index contributed by atoms with van der Waals surface area (Å²) in [5, 5.41) is 8.95. The van der Waals surface area contributed by atoms with E-state index >= 15 is 0 Å². The van der Waals surface area contributed by atoms with Crippen molar-refractivity contribution in [3.63, 3.8) is 0 Å². The molecule has 3 N–H and O–H groups in total. The maximum atomic E-state index is 10.9. The van der Waals surface area contributed by atoms with Crippen LogP contribution in [0.4, 0.5) is 0 Å². The number of ether oxygens (including phenoxy) is 1. The SMILES string of the molecule is CC(C)OCC(N)(C(=O)O)C1CC1. The fraction of sp³-hybridized carbons (Fsp3) is 0.889. The fourth-order valence-electron chi connectivity index (χ4n) is 1.26. The first-order valence-corrected chi connectivity index (χ1v) is 4.60. The quantitative estimate of drug-likeness (QED) is 0.661. The lowest BCUT2D eigenvalue weighted by molar-refractivity contribution is -0.147. The van der Waals surface area contributed by atoms with E-state index in [1.807, 2.05) is 13.8 Å². The molecular weight excluding hydrogens is 170 g/mol. The molecule has 0 amide bonds. The molecule has 0 saturated heterocycles. The predicted molar refractivity (Wildman–Crippen MR) is 48.4 cm³/mol. The smallest absolute Gasteiger partial charge is 0.326 e. The zero-order valence-corrected chi connectivity index (χ0v) is 8.12. The third kappa shape index (κ3) is 2.42. The van der Waals surface area contributed by atoms with Crippen LogP contribution in [0.25, 0.3) is 0 Å². The van der Waals surface area contributed by atoms with E-state index in [2.05, 4.69) is 0 Å². The minimum atomic E-state index is -1.16. The van der Waals surface area contributed by atoms with E-state index in [9.17, 15) is 4.79 Å². The summed E-state index contributed by atoms with van der Waals surface area (Å²) in [5.41, 5.74) is 4.61. The summed E-state index contributed by atoms with van der Waals surface area (Å²) in [7, 11) is 0. The lowest BCUT2D eigenvalue weighted by atomic mass is 9.96. The molecular formula is C9H17NO3. The van der Waals surface area contributed by atoms with Crippen molar-refractivity contribution in [2.45, 2.75) is 38.3 Å². The number of nitrogens with two attached hydrogens (primary N) is 1. The third-order valence-electron chi connectivity index (χ3n) is 2.36. The van der Waals surface area contributed by atoms with Gasteiger partial charge in [-0.3, -0.25) is 4.79 Å². The summed E-state index contributed by atoms with van der Waals surface area (Å²) in [6, 6.07) is 0. The van der Waals surface area contributed by atoms with Gasteiger partial charge in [-0.25, -0.2) is 0 Å². The maximum Gasteiger partial charge on any atom is 0.326 e. The van der Waals surface area contributed by atoms with Gasteiger partial charge in [-0.05, 0) is 32.6 Å². The molecule has 0 heterocycles. The first-order valence-electron chi connectivity index (χ1n) is 4.60. The largest absolute Gasteiger partial charge is 0.480 e. The molecule has 4 nitrogen and oxygen atoms in total. The van der Waals surface area contributed by atoms with Crippen LogP contribution in [0.15, 0.2) is 0 Å². The van der Waals surface area contributed by atoms with Crippen molar-refractivity contribution in [3.8, 4) is 0 Å². The van der Waals surface area contributed by atoms with Crippen molar-refractivity contribution in [2.75, 3.05) is 6.61 Å². The molecule has 1 aliphatic rings. The van der Waals surface area contributed by atoms with Gasteiger partial charge in [0, 0.05) is 0 Å². The fourth-order valence-corrected chi connectivity index (χ4v) is 1.26. The molecule has 1 fully saturated rings. The second-order valence-corrected chi connectivity index (χ2v) is 3.98. The van der Waals surface area contributed by atoms with Gasteiger partial charge in [0.05, 0.1) is 12.7 Å². The molecule has 1 unspecified atom stereocenters. The average molecular weight is 187 g/mol. The van der Waals surface area contributed by atoms with Crippen LogP contribution in [0.1, 0.15) is 26.7 Å². The molecule has 1 atom stereocenters. The number of carbonyl (C=O) groups is 1. The molecule has 0 aromatic carbocycles. The summed E-state index contributed by atoms with van der Waals surface area (Å²) >= 11 is 0. The van der Waals surface area contributed by atoms with Crippen LogP contribution < -0.4 is 5.73 Å². The monoisotopic (exact) mass is 187 g/mol. The number of hydrogen-bond acceptors (Lipinski definition) is 3. The molecule has 1 aliphatic carbocycles. The highest BCUT2D eigenvalue weighted by Crippen LogP contribution is 2.38. The van der Waals surface area contributed by atoms with Gasteiger partial charge in [-0.15, -0.1) is 0 Å². The van der Waals surface area contributed by atoms with Gasteiger partial charge < -0.3 is 15.6 Å². The van der Waals surface area contributed by atoms with Gasteiger partial charge in [0.2, 0.25) is 0 Å². The topological polar surface area (TPSA) is 72.5 Å². The Kier molecular flexibility index (Phi) is 2.93. The van der Waals surface area contributed by atoms with Gasteiger partial charge in [-0.1, -0.05) is 0 Å². The van der Waals surface area contributed by atoms with Crippen LogP contribution >= 0.6 is 0 Å². The first-order chi connectivity index (χ1) is 5.97. The van der Waals surface area contributed by atoms with Gasteiger partial charge in [0.25, 0.3) is 0 Å². The Morgan fingerprint density at radius 2 is 2.23 bits per heavy atom. The number of rotatable bonds is 5. The summed E-state index contributed by atoms with van der Waals surface area (Å²) in [6.07, 6.45) is 1.84. The molecule has 0 aromatic heterocycles. The highest BCUT2D eigenvalue weighted by Gasteiger charge is 2.48. The molecule has 0 radical (unpaired) electrons. The lowest BCUT2D eigenvalue weighted by Gasteiger charge is -2.25. The van der Waals surface area contributed by atoms with Crippen molar-refractivity contribution in [1.82, 2.24) is 0 Å². The summed E-state index contributed by atoms with van der Waals surface area (Å²) in [6.45, 7) is 3.86. The molecule has 13 heavy (non-hydrogen) atoms. The van der Waals surface area contributed by atoms with Crippen LogP contribution in [-0.2, 0) is 9.53 Å². The number of carboxylic acid groups (broad SMARTS) is 1. The van der Waals surface area contributed by atoms with Crippen molar-refractivity contribution in [1.29, 1.82) is 0 Å². The number of carboxylic acids is 1. The van der Waals surface area contributed by atoms with Crippen molar-refractivity contribution < 1.29 is 14.6 Å². The third-order valence-corrected chi connectivity index (χ3v) is 2.36. The Balaban J connectivity index is 2.51. The van der Waals surface area contributed by atoms with Crippen molar-refractivity contribution in [3.05, 3.63) is 0 Å². The van der Waals surface area contributed by atoms with E-state index in [4.69, 9.17) is 15.6 Å². The standard InChI is InChI=1S/C9H17NO3/c1-6(2)13-5-9(10,8(11)12)7-3-4-7/h6-7H,3-5,10H2,1-2H3,(H,11,12). The minimum Gasteiger partial charge on any atom is -0.480 e. The number of aliphatic carboxylic acids is 1. The van der Waals surface area contributed by atoms with Gasteiger partial charge >= 0.3 is 5.97 Å². The van der Waals surface area contributed by atoms with Gasteiger partial charge in [0.1, 0.15) is 5.54 Å². The molecule has 76 valence electrons. The van der Waals surface area contributed by atoms with Crippen LogP contribution in [0, 0.1) is 5.92 Å². The molecule has 1 rings (SSSR count). The Labute approximate surface area is 78.1 Å². The first kappa shape index (κ1) is 10.5. The van der Waals surface area contributed by atoms with E-state index in [1.165, 1.54) is 0 Å². The average Bonchev–Trinajstić information content (AvgIpc) is 2.81. The van der Waals surface area contributed by atoms with Crippen LogP contribution in [0.2, 0.25) is 0 Å². The molecule has 0 spiro atoms. The van der Waals surface area contributed by atoms with Crippen LogP contribution in [0.3, 0.4) is 0 Å².